The molecule has 110 valence electrons. The summed E-state index contributed by atoms with van der Waals surface area (Å²) in [5.74, 6) is -0.379. The zero-order chi connectivity index (χ0) is 14.8. The average molecular weight is 278 g/mol. The number of carbonyl (C=O) groups excluding carboxylic acids is 1. The molecule has 20 heavy (non-hydrogen) atoms. The minimum Gasteiger partial charge on any atom is -0.465 e. The van der Waals surface area contributed by atoms with Crippen molar-refractivity contribution in [1.29, 1.82) is 0 Å². The van der Waals surface area contributed by atoms with Gasteiger partial charge in [-0.1, -0.05) is 0 Å². The van der Waals surface area contributed by atoms with Crippen molar-refractivity contribution in [3.8, 4) is 0 Å². The van der Waals surface area contributed by atoms with E-state index in [0.717, 1.165) is 25.1 Å². The Hall–Kier alpha value is -1.75. The van der Waals surface area contributed by atoms with Crippen LogP contribution in [0.3, 0.4) is 0 Å². The summed E-state index contributed by atoms with van der Waals surface area (Å²) < 4.78 is 10.4. The van der Waals surface area contributed by atoms with E-state index in [1.807, 2.05) is 6.07 Å². The van der Waals surface area contributed by atoms with Gasteiger partial charge in [-0.15, -0.1) is 0 Å². The summed E-state index contributed by atoms with van der Waals surface area (Å²) >= 11 is 0. The zero-order valence-electron chi connectivity index (χ0n) is 12.2. The number of carbonyl (C=O) groups is 1. The molecule has 5 nitrogen and oxygen atoms in total. The highest BCUT2D eigenvalue weighted by Crippen LogP contribution is 2.28. The van der Waals surface area contributed by atoms with E-state index >= 15 is 0 Å². The maximum absolute atomic E-state index is 11.4. The molecule has 1 aromatic rings. The normalized spacial score (nSPS) is 21.2. The Morgan fingerprint density at radius 1 is 1.50 bits per heavy atom. The third kappa shape index (κ3) is 3.42. The van der Waals surface area contributed by atoms with Crippen molar-refractivity contribution in [2.75, 3.05) is 24.8 Å². The zero-order valence-corrected chi connectivity index (χ0v) is 12.2. The number of benzene rings is 1. The molecular weight excluding hydrogens is 256 g/mol. The van der Waals surface area contributed by atoms with Gasteiger partial charge < -0.3 is 20.5 Å². The van der Waals surface area contributed by atoms with Crippen LogP contribution < -0.4 is 11.1 Å². The number of ether oxygens (including phenoxy) is 2. The minimum absolute atomic E-state index is 0.114. The van der Waals surface area contributed by atoms with Gasteiger partial charge in [0.05, 0.1) is 29.6 Å². The van der Waals surface area contributed by atoms with Gasteiger partial charge in [0.2, 0.25) is 0 Å². The first-order valence-corrected chi connectivity index (χ1v) is 6.79. The minimum atomic E-state index is -0.379. The Labute approximate surface area is 119 Å². The van der Waals surface area contributed by atoms with E-state index in [1.54, 1.807) is 12.1 Å². The van der Waals surface area contributed by atoms with Gasteiger partial charge in [0, 0.05) is 12.6 Å². The fraction of sp³-hybridized carbons (Fsp3) is 0.533. The third-order valence-electron chi connectivity index (χ3n) is 3.53. The molecular formula is C15H22N2O3. The van der Waals surface area contributed by atoms with E-state index in [9.17, 15) is 4.79 Å². The fourth-order valence-corrected chi connectivity index (χ4v) is 2.51. The van der Waals surface area contributed by atoms with Crippen molar-refractivity contribution in [3.63, 3.8) is 0 Å². The highest BCUT2D eigenvalue weighted by atomic mass is 16.5. The molecule has 5 heteroatoms. The Morgan fingerprint density at radius 2 is 2.25 bits per heavy atom. The lowest BCUT2D eigenvalue weighted by atomic mass is 9.93. The second-order valence-electron chi connectivity index (χ2n) is 5.74. The summed E-state index contributed by atoms with van der Waals surface area (Å²) in [7, 11) is 1.36. The van der Waals surface area contributed by atoms with Gasteiger partial charge >= 0.3 is 5.97 Å². The molecule has 1 aromatic carbocycles. The lowest BCUT2D eigenvalue weighted by Gasteiger charge is -2.36. The van der Waals surface area contributed by atoms with E-state index in [-0.39, 0.29) is 11.6 Å². The van der Waals surface area contributed by atoms with Crippen LogP contribution in [0.2, 0.25) is 0 Å². The number of hydrogen-bond donors (Lipinski definition) is 2. The molecule has 1 aliphatic heterocycles. The van der Waals surface area contributed by atoms with Crippen LogP contribution in [0.5, 0.6) is 0 Å². The molecule has 1 unspecified atom stereocenters. The first-order valence-electron chi connectivity index (χ1n) is 6.79. The van der Waals surface area contributed by atoms with Gasteiger partial charge in [0.15, 0.2) is 0 Å². The van der Waals surface area contributed by atoms with Crippen LogP contribution in [0.4, 0.5) is 11.4 Å². The van der Waals surface area contributed by atoms with Crippen LogP contribution in [0.1, 0.15) is 37.0 Å². The monoisotopic (exact) mass is 278 g/mol. The van der Waals surface area contributed by atoms with E-state index in [1.165, 1.54) is 7.11 Å². The summed E-state index contributed by atoms with van der Waals surface area (Å²) in [4.78, 5) is 11.4. The fourth-order valence-electron chi connectivity index (χ4n) is 2.51. The van der Waals surface area contributed by atoms with Crippen LogP contribution in [0.25, 0.3) is 0 Å². The van der Waals surface area contributed by atoms with Crippen molar-refractivity contribution in [3.05, 3.63) is 23.8 Å². The predicted octanol–water partition coefficient (Wildman–Crippen LogP) is 2.42. The molecule has 1 saturated heterocycles. The van der Waals surface area contributed by atoms with E-state index in [0.29, 0.717) is 17.3 Å². The Balaban J connectivity index is 2.08. The predicted molar refractivity (Wildman–Crippen MR) is 78.9 cm³/mol. The Bertz CT molecular complexity index is 500. The number of methoxy groups -OCH3 is 1. The van der Waals surface area contributed by atoms with E-state index in [4.69, 9.17) is 10.5 Å². The van der Waals surface area contributed by atoms with Crippen LogP contribution in [-0.2, 0) is 9.47 Å². The van der Waals surface area contributed by atoms with Gasteiger partial charge in [-0.25, -0.2) is 4.79 Å². The molecule has 1 atom stereocenters. The Morgan fingerprint density at radius 3 is 2.85 bits per heavy atom. The van der Waals surface area contributed by atoms with Crippen molar-refractivity contribution in [1.82, 2.24) is 0 Å². The number of anilines is 2. The quantitative estimate of drug-likeness (QED) is 0.656. The van der Waals surface area contributed by atoms with Crippen molar-refractivity contribution >= 4 is 17.3 Å². The molecule has 0 aromatic heterocycles. The molecule has 1 fully saturated rings. The molecule has 0 aliphatic carbocycles. The number of esters is 1. The summed E-state index contributed by atoms with van der Waals surface area (Å²) in [5, 5.41) is 3.43. The van der Waals surface area contributed by atoms with Crippen LogP contribution in [-0.4, -0.2) is 31.3 Å². The SMILES string of the molecule is COC(=O)c1ccc(NC2CCOC(C)(C)C2)c(N)c1. The van der Waals surface area contributed by atoms with E-state index < -0.39 is 0 Å². The number of nitrogens with two attached hydrogens (primary N) is 1. The highest BCUT2D eigenvalue weighted by Gasteiger charge is 2.28. The van der Waals surface area contributed by atoms with Crippen molar-refractivity contribution in [2.45, 2.75) is 38.3 Å². The maximum atomic E-state index is 11.4. The lowest BCUT2D eigenvalue weighted by molar-refractivity contribution is -0.0553. The standard InChI is InChI=1S/C15H22N2O3/c1-15(2)9-11(6-7-20-15)17-13-5-4-10(8-12(13)16)14(18)19-3/h4-5,8,11,17H,6-7,9,16H2,1-3H3. The largest absolute Gasteiger partial charge is 0.465 e. The second kappa shape index (κ2) is 5.71. The van der Waals surface area contributed by atoms with Gasteiger partial charge in [0.25, 0.3) is 0 Å². The number of nitrogens with one attached hydrogen (secondary N) is 1. The molecule has 0 amide bonds. The molecule has 0 bridgehead atoms. The molecule has 0 radical (unpaired) electrons. The summed E-state index contributed by atoms with van der Waals surface area (Å²) in [6.45, 7) is 4.92. The molecule has 0 saturated carbocycles. The molecule has 2 rings (SSSR count). The van der Waals surface area contributed by atoms with Crippen LogP contribution in [0, 0.1) is 0 Å². The summed E-state index contributed by atoms with van der Waals surface area (Å²) in [5.41, 5.74) is 7.74. The average Bonchev–Trinajstić information content (AvgIpc) is 2.39. The first kappa shape index (κ1) is 14.7. The highest BCUT2D eigenvalue weighted by molar-refractivity contribution is 5.91. The Kier molecular flexibility index (Phi) is 4.18. The topological polar surface area (TPSA) is 73.6 Å². The van der Waals surface area contributed by atoms with Gasteiger partial charge in [-0.05, 0) is 44.9 Å². The second-order valence-corrected chi connectivity index (χ2v) is 5.74. The van der Waals surface area contributed by atoms with E-state index in [2.05, 4.69) is 23.9 Å². The number of hydrogen-bond acceptors (Lipinski definition) is 5. The van der Waals surface area contributed by atoms with Crippen molar-refractivity contribution < 1.29 is 14.3 Å². The maximum Gasteiger partial charge on any atom is 0.337 e. The van der Waals surface area contributed by atoms with Crippen LogP contribution >= 0.6 is 0 Å². The molecule has 1 aliphatic rings. The summed E-state index contributed by atoms with van der Waals surface area (Å²) in [6.07, 6.45) is 1.87. The lowest BCUT2D eigenvalue weighted by Crippen LogP contribution is -2.40. The van der Waals surface area contributed by atoms with Gasteiger partial charge in [-0.2, -0.15) is 0 Å². The van der Waals surface area contributed by atoms with Crippen molar-refractivity contribution in [2.24, 2.45) is 0 Å². The third-order valence-corrected chi connectivity index (χ3v) is 3.53. The first-order chi connectivity index (χ1) is 9.41. The molecule has 3 N–H and O–H groups in total. The van der Waals surface area contributed by atoms with Gasteiger partial charge in [0.1, 0.15) is 0 Å². The van der Waals surface area contributed by atoms with Gasteiger partial charge in [-0.3, -0.25) is 0 Å². The van der Waals surface area contributed by atoms with Crippen LogP contribution in [0.15, 0.2) is 18.2 Å². The smallest absolute Gasteiger partial charge is 0.337 e. The molecule has 1 heterocycles. The number of rotatable bonds is 3. The molecule has 0 spiro atoms. The number of nitrogen functional groups attached to an aromatic ring is 1. The summed E-state index contributed by atoms with van der Waals surface area (Å²) in [6, 6.07) is 5.50.